The number of hydrogen-bond acceptors (Lipinski definition) is 4. The van der Waals surface area contributed by atoms with E-state index in [1.54, 1.807) is 11.3 Å². The number of rotatable bonds is 5. The van der Waals surface area contributed by atoms with Crippen LogP contribution in [0.1, 0.15) is 23.7 Å². The SMILES string of the molecule is Cn1nccc1CCC(NN)c1csc2ccccc12. The topological polar surface area (TPSA) is 55.9 Å². The fourth-order valence-electron chi connectivity index (χ4n) is 2.54. The van der Waals surface area contributed by atoms with Gasteiger partial charge in [0, 0.05) is 29.7 Å². The van der Waals surface area contributed by atoms with Gasteiger partial charge in [-0.15, -0.1) is 11.3 Å². The number of benzene rings is 1. The molecule has 5 heteroatoms. The zero-order chi connectivity index (χ0) is 13.9. The average molecular weight is 286 g/mol. The van der Waals surface area contributed by atoms with E-state index in [-0.39, 0.29) is 6.04 Å². The number of aryl methyl sites for hydroxylation is 2. The normalized spacial score (nSPS) is 12.9. The lowest BCUT2D eigenvalue weighted by atomic mass is 10.0. The molecule has 0 aliphatic carbocycles. The van der Waals surface area contributed by atoms with Gasteiger partial charge in [-0.25, -0.2) is 0 Å². The maximum atomic E-state index is 5.76. The van der Waals surface area contributed by atoms with E-state index in [2.05, 4.69) is 46.2 Å². The first kappa shape index (κ1) is 13.3. The van der Waals surface area contributed by atoms with E-state index in [0.29, 0.717) is 0 Å². The van der Waals surface area contributed by atoms with Gasteiger partial charge in [0.15, 0.2) is 0 Å². The molecule has 0 saturated carbocycles. The molecule has 3 N–H and O–H groups in total. The number of nitrogens with one attached hydrogen (secondary N) is 1. The summed E-state index contributed by atoms with van der Waals surface area (Å²) in [6.45, 7) is 0. The van der Waals surface area contributed by atoms with E-state index in [4.69, 9.17) is 5.84 Å². The second-order valence-corrected chi connectivity index (χ2v) is 5.80. The highest BCUT2D eigenvalue weighted by molar-refractivity contribution is 7.17. The Balaban J connectivity index is 1.81. The number of fused-ring (bicyclic) bond motifs is 1. The van der Waals surface area contributed by atoms with Gasteiger partial charge in [-0.1, -0.05) is 18.2 Å². The molecule has 0 aliphatic rings. The highest BCUT2D eigenvalue weighted by Gasteiger charge is 2.15. The molecule has 2 aromatic heterocycles. The Hall–Kier alpha value is -1.69. The molecule has 3 aromatic rings. The lowest BCUT2D eigenvalue weighted by Gasteiger charge is -2.15. The Morgan fingerprint density at radius 2 is 2.20 bits per heavy atom. The standard InChI is InChI=1S/C15H18N4S/c1-19-11(8-9-17-19)6-7-14(18-16)13-10-20-15-5-3-2-4-12(13)15/h2-5,8-10,14,18H,6-7,16H2,1H3. The molecule has 0 bridgehead atoms. The van der Waals surface area contributed by atoms with Crippen LogP contribution in [-0.2, 0) is 13.5 Å². The quantitative estimate of drug-likeness (QED) is 0.560. The molecule has 3 rings (SSSR count). The summed E-state index contributed by atoms with van der Waals surface area (Å²) in [4.78, 5) is 0. The molecule has 0 aliphatic heterocycles. The molecule has 104 valence electrons. The molecule has 1 atom stereocenters. The number of nitrogens with zero attached hydrogens (tertiary/aromatic N) is 2. The summed E-state index contributed by atoms with van der Waals surface area (Å²) in [5, 5.41) is 7.70. The zero-order valence-electron chi connectivity index (χ0n) is 11.4. The summed E-state index contributed by atoms with van der Waals surface area (Å²) in [5.74, 6) is 5.76. The summed E-state index contributed by atoms with van der Waals surface area (Å²) in [6.07, 6.45) is 3.74. The summed E-state index contributed by atoms with van der Waals surface area (Å²) < 4.78 is 3.22. The van der Waals surface area contributed by atoms with Crippen LogP contribution in [0.4, 0.5) is 0 Å². The van der Waals surface area contributed by atoms with Gasteiger partial charge in [0.1, 0.15) is 0 Å². The molecule has 1 aromatic carbocycles. The van der Waals surface area contributed by atoms with Gasteiger partial charge in [0.2, 0.25) is 0 Å². The molecular weight excluding hydrogens is 268 g/mol. The fourth-order valence-corrected chi connectivity index (χ4v) is 3.55. The Bertz CT molecular complexity index is 701. The first-order valence-corrected chi connectivity index (χ1v) is 7.56. The van der Waals surface area contributed by atoms with Crippen LogP contribution in [0.5, 0.6) is 0 Å². The summed E-state index contributed by atoms with van der Waals surface area (Å²) in [7, 11) is 1.97. The summed E-state index contributed by atoms with van der Waals surface area (Å²) in [5.41, 5.74) is 5.47. The first-order chi connectivity index (χ1) is 9.79. The van der Waals surface area contributed by atoms with Crippen LogP contribution < -0.4 is 11.3 Å². The Morgan fingerprint density at radius 3 is 2.95 bits per heavy atom. The van der Waals surface area contributed by atoms with Crippen molar-refractivity contribution < 1.29 is 0 Å². The van der Waals surface area contributed by atoms with Crippen molar-refractivity contribution in [1.82, 2.24) is 15.2 Å². The van der Waals surface area contributed by atoms with Gasteiger partial charge < -0.3 is 0 Å². The van der Waals surface area contributed by atoms with E-state index in [1.807, 2.05) is 17.9 Å². The number of hydrogen-bond donors (Lipinski definition) is 2. The Kier molecular flexibility index (Phi) is 3.82. The average Bonchev–Trinajstić information content (AvgIpc) is 3.07. The minimum Gasteiger partial charge on any atom is -0.273 e. The monoisotopic (exact) mass is 286 g/mol. The van der Waals surface area contributed by atoms with Crippen LogP contribution >= 0.6 is 11.3 Å². The summed E-state index contributed by atoms with van der Waals surface area (Å²) in [6, 6.07) is 10.7. The van der Waals surface area contributed by atoms with Crippen molar-refractivity contribution in [3.63, 3.8) is 0 Å². The van der Waals surface area contributed by atoms with Gasteiger partial charge in [-0.05, 0) is 41.3 Å². The van der Waals surface area contributed by atoms with Crippen LogP contribution in [0.3, 0.4) is 0 Å². The van der Waals surface area contributed by atoms with Crippen molar-refractivity contribution in [2.45, 2.75) is 18.9 Å². The van der Waals surface area contributed by atoms with E-state index < -0.39 is 0 Å². The number of thiophene rings is 1. The van der Waals surface area contributed by atoms with Crippen molar-refractivity contribution in [1.29, 1.82) is 0 Å². The molecule has 0 amide bonds. The van der Waals surface area contributed by atoms with Crippen molar-refractivity contribution >= 4 is 21.4 Å². The van der Waals surface area contributed by atoms with Crippen LogP contribution in [0.15, 0.2) is 41.9 Å². The number of nitrogens with two attached hydrogens (primary N) is 1. The third-order valence-corrected chi connectivity index (χ3v) is 4.68. The fraction of sp³-hybridized carbons (Fsp3) is 0.267. The molecule has 20 heavy (non-hydrogen) atoms. The van der Waals surface area contributed by atoms with Gasteiger partial charge in [0.05, 0.1) is 0 Å². The smallest absolute Gasteiger partial charge is 0.0492 e. The predicted octanol–water partition coefficient (Wildman–Crippen LogP) is 2.77. The molecule has 2 heterocycles. The van der Waals surface area contributed by atoms with E-state index in [0.717, 1.165) is 12.8 Å². The van der Waals surface area contributed by atoms with E-state index in [1.165, 1.54) is 21.3 Å². The minimum atomic E-state index is 0.168. The second-order valence-electron chi connectivity index (χ2n) is 4.89. The number of hydrazine groups is 1. The zero-order valence-corrected chi connectivity index (χ0v) is 12.2. The molecule has 0 saturated heterocycles. The first-order valence-electron chi connectivity index (χ1n) is 6.68. The van der Waals surface area contributed by atoms with Crippen molar-refractivity contribution in [3.8, 4) is 0 Å². The molecule has 0 fully saturated rings. The maximum absolute atomic E-state index is 5.76. The molecule has 1 unspecified atom stereocenters. The lowest BCUT2D eigenvalue weighted by molar-refractivity contribution is 0.510. The van der Waals surface area contributed by atoms with Crippen molar-refractivity contribution in [3.05, 3.63) is 53.2 Å². The summed E-state index contributed by atoms with van der Waals surface area (Å²) >= 11 is 1.77. The van der Waals surface area contributed by atoms with Crippen LogP contribution in [-0.4, -0.2) is 9.78 Å². The predicted molar refractivity (Wildman–Crippen MR) is 83.4 cm³/mol. The Labute approximate surface area is 122 Å². The number of aromatic nitrogens is 2. The van der Waals surface area contributed by atoms with Gasteiger partial charge in [-0.2, -0.15) is 5.10 Å². The minimum absolute atomic E-state index is 0.168. The van der Waals surface area contributed by atoms with Crippen LogP contribution in [0.2, 0.25) is 0 Å². The molecule has 4 nitrogen and oxygen atoms in total. The van der Waals surface area contributed by atoms with Crippen molar-refractivity contribution in [2.75, 3.05) is 0 Å². The van der Waals surface area contributed by atoms with Gasteiger partial charge in [0.25, 0.3) is 0 Å². The second kappa shape index (κ2) is 5.75. The highest BCUT2D eigenvalue weighted by Crippen LogP contribution is 2.31. The maximum Gasteiger partial charge on any atom is 0.0492 e. The van der Waals surface area contributed by atoms with E-state index in [9.17, 15) is 0 Å². The van der Waals surface area contributed by atoms with Crippen molar-refractivity contribution in [2.24, 2.45) is 12.9 Å². The third kappa shape index (κ3) is 2.47. The van der Waals surface area contributed by atoms with E-state index >= 15 is 0 Å². The highest BCUT2D eigenvalue weighted by atomic mass is 32.1. The Morgan fingerprint density at radius 1 is 1.35 bits per heavy atom. The van der Waals surface area contributed by atoms with Gasteiger partial charge in [-0.3, -0.25) is 16.0 Å². The van der Waals surface area contributed by atoms with Gasteiger partial charge >= 0.3 is 0 Å². The molecule has 0 radical (unpaired) electrons. The van der Waals surface area contributed by atoms with Crippen LogP contribution in [0.25, 0.3) is 10.1 Å². The third-order valence-electron chi connectivity index (χ3n) is 3.70. The largest absolute Gasteiger partial charge is 0.273 e. The molecule has 0 spiro atoms. The molecular formula is C15H18N4S. The lowest BCUT2D eigenvalue weighted by Crippen LogP contribution is -2.28. The van der Waals surface area contributed by atoms with Crippen LogP contribution in [0, 0.1) is 0 Å².